The Kier molecular flexibility index (Phi) is 4.61. The summed E-state index contributed by atoms with van der Waals surface area (Å²) in [6, 6.07) is 10.8. The standard InChI is InChI=1S/C18H18FN3O2S/c1-12-20-21-18(24-12)16-11-22(8-9-23-16)10-15-6-7-17(25-15)13-2-4-14(19)5-3-13/h2-7,16H,8-11H2,1H3. The van der Waals surface area contributed by atoms with E-state index in [0.29, 0.717) is 18.4 Å². The van der Waals surface area contributed by atoms with Gasteiger partial charge in [-0.05, 0) is 29.8 Å². The highest BCUT2D eigenvalue weighted by Gasteiger charge is 2.26. The molecule has 0 N–H and O–H groups in total. The topological polar surface area (TPSA) is 51.4 Å². The zero-order valence-corrected chi connectivity index (χ0v) is 14.6. The molecule has 1 unspecified atom stereocenters. The number of ether oxygens (including phenoxy) is 1. The van der Waals surface area contributed by atoms with Gasteiger partial charge < -0.3 is 9.15 Å². The maximum Gasteiger partial charge on any atom is 0.246 e. The normalized spacial score (nSPS) is 18.6. The highest BCUT2D eigenvalue weighted by molar-refractivity contribution is 7.15. The van der Waals surface area contributed by atoms with Crippen LogP contribution in [0.1, 0.15) is 22.8 Å². The van der Waals surface area contributed by atoms with Gasteiger partial charge in [0.15, 0.2) is 0 Å². The lowest BCUT2D eigenvalue weighted by atomic mass is 10.2. The molecule has 1 aromatic carbocycles. The van der Waals surface area contributed by atoms with E-state index in [0.717, 1.165) is 30.1 Å². The van der Waals surface area contributed by atoms with Gasteiger partial charge in [-0.3, -0.25) is 4.90 Å². The number of hydrogen-bond donors (Lipinski definition) is 0. The number of halogens is 1. The second kappa shape index (κ2) is 7.03. The van der Waals surface area contributed by atoms with E-state index in [1.54, 1.807) is 18.3 Å². The van der Waals surface area contributed by atoms with Crippen molar-refractivity contribution in [3.8, 4) is 10.4 Å². The van der Waals surface area contributed by atoms with Crippen molar-refractivity contribution in [3.63, 3.8) is 0 Å². The van der Waals surface area contributed by atoms with Crippen LogP contribution in [-0.2, 0) is 11.3 Å². The molecule has 1 aliphatic heterocycles. The van der Waals surface area contributed by atoms with Gasteiger partial charge in [0.2, 0.25) is 11.8 Å². The molecule has 5 nitrogen and oxygen atoms in total. The van der Waals surface area contributed by atoms with E-state index in [1.165, 1.54) is 17.0 Å². The van der Waals surface area contributed by atoms with Crippen molar-refractivity contribution in [1.82, 2.24) is 15.1 Å². The highest BCUT2D eigenvalue weighted by atomic mass is 32.1. The molecule has 0 aliphatic carbocycles. The Morgan fingerprint density at radius 2 is 2.04 bits per heavy atom. The highest BCUT2D eigenvalue weighted by Crippen LogP contribution is 2.30. The van der Waals surface area contributed by atoms with Gasteiger partial charge in [0, 0.05) is 36.3 Å². The maximum atomic E-state index is 13.1. The van der Waals surface area contributed by atoms with Gasteiger partial charge in [-0.25, -0.2) is 4.39 Å². The molecule has 2 aromatic heterocycles. The van der Waals surface area contributed by atoms with E-state index in [-0.39, 0.29) is 11.9 Å². The van der Waals surface area contributed by atoms with E-state index >= 15 is 0 Å². The van der Waals surface area contributed by atoms with Crippen LogP contribution in [0.25, 0.3) is 10.4 Å². The lowest BCUT2D eigenvalue weighted by molar-refractivity contribution is -0.0454. The molecule has 7 heteroatoms. The van der Waals surface area contributed by atoms with Crippen molar-refractivity contribution in [2.75, 3.05) is 19.7 Å². The molecule has 0 amide bonds. The molecule has 3 heterocycles. The van der Waals surface area contributed by atoms with Gasteiger partial charge in [-0.15, -0.1) is 21.5 Å². The van der Waals surface area contributed by atoms with E-state index < -0.39 is 0 Å². The zero-order valence-electron chi connectivity index (χ0n) is 13.8. The van der Waals surface area contributed by atoms with Crippen LogP contribution in [-0.4, -0.2) is 34.8 Å². The Labute approximate surface area is 149 Å². The third-order valence-corrected chi connectivity index (χ3v) is 5.26. The molecule has 3 aromatic rings. The smallest absolute Gasteiger partial charge is 0.246 e. The maximum absolute atomic E-state index is 13.1. The molecule has 4 rings (SSSR count). The summed E-state index contributed by atoms with van der Waals surface area (Å²) in [4.78, 5) is 4.74. The molecular formula is C18H18FN3O2S. The van der Waals surface area contributed by atoms with Crippen LogP contribution in [0.5, 0.6) is 0 Å². The van der Waals surface area contributed by atoms with E-state index in [4.69, 9.17) is 9.15 Å². The summed E-state index contributed by atoms with van der Waals surface area (Å²) in [7, 11) is 0. The lowest BCUT2D eigenvalue weighted by Crippen LogP contribution is -2.37. The van der Waals surface area contributed by atoms with Gasteiger partial charge in [0.05, 0.1) is 6.61 Å². The Balaban J connectivity index is 1.42. The van der Waals surface area contributed by atoms with Crippen LogP contribution in [0, 0.1) is 12.7 Å². The summed E-state index contributed by atoms with van der Waals surface area (Å²) in [5.74, 6) is 0.884. The lowest BCUT2D eigenvalue weighted by Gasteiger charge is -2.30. The molecule has 1 atom stereocenters. The number of hydrogen-bond acceptors (Lipinski definition) is 6. The van der Waals surface area contributed by atoms with Crippen LogP contribution in [0.3, 0.4) is 0 Å². The first kappa shape index (κ1) is 16.4. The molecule has 1 fully saturated rings. The molecule has 1 aliphatic rings. The first-order valence-electron chi connectivity index (χ1n) is 8.16. The van der Waals surface area contributed by atoms with Crippen LogP contribution in [0.4, 0.5) is 4.39 Å². The van der Waals surface area contributed by atoms with Crippen LogP contribution in [0.2, 0.25) is 0 Å². The second-order valence-electron chi connectivity index (χ2n) is 6.03. The summed E-state index contributed by atoms with van der Waals surface area (Å²) in [6.45, 7) is 4.86. The minimum Gasteiger partial charge on any atom is -0.423 e. The average molecular weight is 359 g/mol. The number of nitrogens with zero attached hydrogens (tertiary/aromatic N) is 3. The monoisotopic (exact) mass is 359 g/mol. The third-order valence-electron chi connectivity index (χ3n) is 4.14. The molecule has 0 saturated carbocycles. The molecule has 1 saturated heterocycles. The first-order chi connectivity index (χ1) is 12.2. The van der Waals surface area contributed by atoms with Crippen LogP contribution in [0.15, 0.2) is 40.8 Å². The Hall–Kier alpha value is -2.09. The fourth-order valence-electron chi connectivity index (χ4n) is 2.89. The third kappa shape index (κ3) is 3.78. The van der Waals surface area contributed by atoms with Crippen molar-refractivity contribution in [2.24, 2.45) is 0 Å². The summed E-state index contributed by atoms with van der Waals surface area (Å²) < 4.78 is 24.3. The quantitative estimate of drug-likeness (QED) is 0.709. The minimum atomic E-state index is -0.212. The van der Waals surface area contributed by atoms with Crippen molar-refractivity contribution in [3.05, 3.63) is 58.9 Å². The van der Waals surface area contributed by atoms with Gasteiger partial charge in [-0.2, -0.15) is 0 Å². The van der Waals surface area contributed by atoms with Gasteiger partial charge in [-0.1, -0.05) is 12.1 Å². The summed E-state index contributed by atoms with van der Waals surface area (Å²) in [5, 5.41) is 7.94. The average Bonchev–Trinajstić information content (AvgIpc) is 3.25. The predicted molar refractivity (Wildman–Crippen MR) is 92.7 cm³/mol. The number of aromatic nitrogens is 2. The SMILES string of the molecule is Cc1nnc(C2CN(Cc3ccc(-c4ccc(F)cc4)s3)CCO2)o1. The summed E-state index contributed by atoms with van der Waals surface area (Å²) >= 11 is 1.73. The second-order valence-corrected chi connectivity index (χ2v) is 7.20. The van der Waals surface area contributed by atoms with Crippen molar-refractivity contribution < 1.29 is 13.5 Å². The molecule has 130 valence electrons. The molecule has 25 heavy (non-hydrogen) atoms. The minimum absolute atomic E-state index is 0.175. The largest absolute Gasteiger partial charge is 0.423 e. The Morgan fingerprint density at radius 3 is 2.80 bits per heavy atom. The van der Waals surface area contributed by atoms with Gasteiger partial charge in [0.25, 0.3) is 0 Å². The van der Waals surface area contributed by atoms with Crippen LogP contribution < -0.4 is 0 Å². The van der Waals surface area contributed by atoms with E-state index in [1.807, 2.05) is 12.1 Å². The van der Waals surface area contributed by atoms with Crippen molar-refractivity contribution >= 4 is 11.3 Å². The van der Waals surface area contributed by atoms with Gasteiger partial charge >= 0.3 is 0 Å². The number of aryl methyl sites for hydroxylation is 1. The van der Waals surface area contributed by atoms with E-state index in [9.17, 15) is 4.39 Å². The molecule has 0 spiro atoms. The Morgan fingerprint density at radius 1 is 1.20 bits per heavy atom. The van der Waals surface area contributed by atoms with Gasteiger partial charge in [0.1, 0.15) is 11.9 Å². The van der Waals surface area contributed by atoms with Crippen molar-refractivity contribution in [2.45, 2.75) is 19.6 Å². The van der Waals surface area contributed by atoms with Crippen molar-refractivity contribution in [1.29, 1.82) is 0 Å². The number of benzene rings is 1. The zero-order chi connectivity index (χ0) is 17.2. The molecule has 0 radical (unpaired) electrons. The summed E-state index contributed by atoms with van der Waals surface area (Å²) in [6.07, 6.45) is -0.175. The number of rotatable bonds is 4. The number of thiophene rings is 1. The number of morpholine rings is 1. The Bertz CT molecular complexity index is 846. The summed E-state index contributed by atoms with van der Waals surface area (Å²) in [5.41, 5.74) is 1.04. The molecule has 0 bridgehead atoms. The first-order valence-corrected chi connectivity index (χ1v) is 8.97. The van der Waals surface area contributed by atoms with Crippen LogP contribution >= 0.6 is 11.3 Å². The predicted octanol–water partition coefficient (Wildman–Crippen LogP) is 3.82. The molecular weight excluding hydrogens is 341 g/mol. The van der Waals surface area contributed by atoms with E-state index in [2.05, 4.69) is 27.2 Å². The fourth-order valence-corrected chi connectivity index (χ4v) is 3.95. The fraction of sp³-hybridized carbons (Fsp3) is 0.333.